The van der Waals surface area contributed by atoms with Gasteiger partial charge in [0.2, 0.25) is 0 Å². The minimum absolute atomic E-state index is 0.634. The van der Waals surface area contributed by atoms with E-state index in [0.29, 0.717) is 17.5 Å². The van der Waals surface area contributed by atoms with Gasteiger partial charge in [-0.05, 0) is 76.9 Å². The summed E-state index contributed by atoms with van der Waals surface area (Å²) < 4.78 is 8.63. The molecule has 0 aliphatic heterocycles. The minimum Gasteiger partial charge on any atom is -0.457 e. The van der Waals surface area contributed by atoms with E-state index in [1.54, 1.807) is 0 Å². The summed E-state index contributed by atoms with van der Waals surface area (Å²) in [4.78, 5) is 14.6. The number of para-hydroxylation sites is 2. The Bertz CT molecular complexity index is 2880. The zero-order valence-electron chi connectivity index (χ0n) is 30.3. The quantitative estimate of drug-likeness (QED) is 0.157. The molecular formula is C51H34N4O. The first-order chi connectivity index (χ1) is 27.7. The molecule has 0 aliphatic rings. The summed E-state index contributed by atoms with van der Waals surface area (Å²) >= 11 is 0. The molecule has 0 bridgehead atoms. The highest BCUT2D eigenvalue weighted by Gasteiger charge is 2.14. The van der Waals surface area contributed by atoms with Gasteiger partial charge in [0.25, 0.3) is 0 Å². The number of benzene rings is 8. The first-order valence-corrected chi connectivity index (χ1v) is 18.7. The largest absolute Gasteiger partial charge is 0.457 e. The SMILES string of the molecule is c1ccc(-c2nc(-c3ccccc3)nc(-c3ccc(-c4ccc(Oc5ccc(-c6ccc7c(c6)c6ccccc6n7-c6ccccc6)cc5)cc4)cc3)n2)cc1. The molecule has 0 amide bonds. The van der Waals surface area contributed by atoms with Crippen LogP contribution in [0.4, 0.5) is 0 Å². The van der Waals surface area contributed by atoms with Gasteiger partial charge in [0.1, 0.15) is 11.5 Å². The molecule has 0 spiro atoms. The number of fused-ring (bicyclic) bond motifs is 3. The van der Waals surface area contributed by atoms with Crippen molar-refractivity contribution in [3.05, 3.63) is 206 Å². The molecule has 5 heteroatoms. The lowest BCUT2D eigenvalue weighted by Gasteiger charge is -2.10. The van der Waals surface area contributed by atoms with Crippen LogP contribution in [-0.4, -0.2) is 19.5 Å². The normalized spacial score (nSPS) is 11.2. The maximum Gasteiger partial charge on any atom is 0.164 e. The van der Waals surface area contributed by atoms with Crippen molar-refractivity contribution < 1.29 is 4.74 Å². The van der Waals surface area contributed by atoms with E-state index in [9.17, 15) is 0 Å². The predicted octanol–water partition coefficient (Wildman–Crippen LogP) is 13.1. The standard InChI is InChI=1S/C51H34N4O/c1-4-12-38(13-5-1)49-52-50(39-14-6-2-7-15-39)54-51(53-49)40-22-20-35(21-23-40)36-24-29-43(30-25-36)56-44-31-26-37(27-32-44)41-28-33-48-46(34-41)45-18-10-11-19-47(45)55(48)42-16-8-3-9-17-42/h1-34H. The fraction of sp³-hybridized carbons (Fsp3) is 0. The lowest BCUT2D eigenvalue weighted by atomic mass is 10.0. The maximum absolute atomic E-state index is 6.29. The van der Waals surface area contributed by atoms with Crippen molar-refractivity contribution in [3.63, 3.8) is 0 Å². The molecule has 0 aliphatic carbocycles. The zero-order chi connectivity index (χ0) is 37.3. The minimum atomic E-state index is 0.634. The summed E-state index contributed by atoms with van der Waals surface area (Å²) in [5, 5.41) is 2.47. The maximum atomic E-state index is 6.29. The summed E-state index contributed by atoms with van der Waals surface area (Å²) in [5.74, 6) is 3.49. The number of hydrogen-bond acceptors (Lipinski definition) is 4. The summed E-state index contributed by atoms with van der Waals surface area (Å²) in [6.45, 7) is 0. The topological polar surface area (TPSA) is 52.8 Å². The molecule has 0 radical (unpaired) electrons. The summed E-state index contributed by atoms with van der Waals surface area (Å²) in [5.41, 5.74) is 10.9. The molecule has 5 nitrogen and oxygen atoms in total. The van der Waals surface area contributed by atoms with Gasteiger partial charge in [-0.15, -0.1) is 0 Å². The first kappa shape index (κ1) is 33.0. The fourth-order valence-electron chi connectivity index (χ4n) is 7.32. The second kappa shape index (κ2) is 14.3. The molecule has 0 atom stereocenters. The van der Waals surface area contributed by atoms with Crippen molar-refractivity contribution in [2.75, 3.05) is 0 Å². The van der Waals surface area contributed by atoms with Gasteiger partial charge in [-0.25, -0.2) is 15.0 Å². The second-order valence-corrected chi connectivity index (χ2v) is 13.7. The lowest BCUT2D eigenvalue weighted by Crippen LogP contribution is -2.00. The van der Waals surface area contributed by atoms with Crippen LogP contribution in [0.25, 0.3) is 83.9 Å². The number of hydrogen-bond donors (Lipinski definition) is 0. The van der Waals surface area contributed by atoms with Gasteiger partial charge >= 0.3 is 0 Å². The molecule has 264 valence electrons. The van der Waals surface area contributed by atoms with E-state index in [2.05, 4.69) is 126 Å². The highest BCUT2D eigenvalue weighted by atomic mass is 16.5. The first-order valence-electron chi connectivity index (χ1n) is 18.7. The van der Waals surface area contributed by atoms with Crippen LogP contribution >= 0.6 is 0 Å². The van der Waals surface area contributed by atoms with Crippen LogP contribution in [-0.2, 0) is 0 Å². The average Bonchev–Trinajstić information content (AvgIpc) is 3.61. The molecule has 2 aromatic heterocycles. The van der Waals surface area contributed by atoms with Crippen molar-refractivity contribution in [1.29, 1.82) is 0 Å². The van der Waals surface area contributed by atoms with Crippen LogP contribution in [0.2, 0.25) is 0 Å². The smallest absolute Gasteiger partial charge is 0.164 e. The van der Waals surface area contributed by atoms with Crippen molar-refractivity contribution in [3.8, 4) is 73.6 Å². The van der Waals surface area contributed by atoms with Crippen molar-refractivity contribution in [1.82, 2.24) is 19.5 Å². The fourth-order valence-corrected chi connectivity index (χ4v) is 7.32. The van der Waals surface area contributed by atoms with Gasteiger partial charge in [0.05, 0.1) is 11.0 Å². The lowest BCUT2D eigenvalue weighted by molar-refractivity contribution is 0.483. The molecule has 0 saturated carbocycles. The Morgan fingerprint density at radius 3 is 1.25 bits per heavy atom. The highest BCUT2D eigenvalue weighted by molar-refractivity contribution is 6.10. The summed E-state index contributed by atoms with van der Waals surface area (Å²) in [7, 11) is 0. The van der Waals surface area contributed by atoms with Crippen LogP contribution < -0.4 is 4.74 Å². The highest BCUT2D eigenvalue weighted by Crippen LogP contribution is 2.36. The van der Waals surface area contributed by atoms with Crippen LogP contribution in [0.3, 0.4) is 0 Å². The molecular weight excluding hydrogens is 685 g/mol. The van der Waals surface area contributed by atoms with Gasteiger partial charge in [0.15, 0.2) is 17.5 Å². The van der Waals surface area contributed by atoms with Crippen LogP contribution in [0, 0.1) is 0 Å². The van der Waals surface area contributed by atoms with Gasteiger partial charge in [-0.3, -0.25) is 0 Å². The monoisotopic (exact) mass is 718 g/mol. The zero-order valence-corrected chi connectivity index (χ0v) is 30.3. The molecule has 10 rings (SSSR count). The Balaban J connectivity index is 0.865. The van der Waals surface area contributed by atoms with E-state index >= 15 is 0 Å². The van der Waals surface area contributed by atoms with Gasteiger partial charge in [-0.1, -0.05) is 152 Å². The van der Waals surface area contributed by atoms with Crippen molar-refractivity contribution in [2.45, 2.75) is 0 Å². The van der Waals surface area contributed by atoms with E-state index in [0.717, 1.165) is 50.6 Å². The third-order valence-corrected chi connectivity index (χ3v) is 10.1. The average molecular weight is 719 g/mol. The van der Waals surface area contributed by atoms with E-state index in [4.69, 9.17) is 19.7 Å². The Morgan fingerprint density at radius 1 is 0.304 bits per heavy atom. The van der Waals surface area contributed by atoms with Crippen molar-refractivity contribution in [2.24, 2.45) is 0 Å². The van der Waals surface area contributed by atoms with E-state index in [1.807, 2.05) is 84.9 Å². The molecule has 0 N–H and O–H groups in total. The summed E-state index contributed by atoms with van der Waals surface area (Å²) in [6, 6.07) is 70.8. The van der Waals surface area contributed by atoms with Crippen molar-refractivity contribution >= 4 is 21.8 Å². The van der Waals surface area contributed by atoms with Gasteiger partial charge in [-0.2, -0.15) is 0 Å². The van der Waals surface area contributed by atoms with E-state index in [-0.39, 0.29) is 0 Å². The predicted molar refractivity (Wildman–Crippen MR) is 228 cm³/mol. The Labute approximate surface area is 324 Å². The summed E-state index contributed by atoms with van der Waals surface area (Å²) in [6.07, 6.45) is 0. The number of nitrogens with zero attached hydrogens (tertiary/aromatic N) is 4. The molecule has 0 fully saturated rings. The Kier molecular flexibility index (Phi) is 8.43. The molecule has 0 unspecified atom stereocenters. The Morgan fingerprint density at radius 2 is 0.696 bits per heavy atom. The number of ether oxygens (including phenoxy) is 1. The molecule has 2 heterocycles. The molecule has 0 saturated heterocycles. The van der Waals surface area contributed by atoms with E-state index < -0.39 is 0 Å². The van der Waals surface area contributed by atoms with Gasteiger partial charge < -0.3 is 9.30 Å². The molecule has 56 heavy (non-hydrogen) atoms. The number of aromatic nitrogens is 4. The third kappa shape index (κ3) is 6.37. The molecule has 10 aromatic rings. The van der Waals surface area contributed by atoms with Gasteiger partial charge in [0, 0.05) is 33.2 Å². The molecule has 8 aromatic carbocycles. The third-order valence-electron chi connectivity index (χ3n) is 10.1. The van der Waals surface area contributed by atoms with Crippen LogP contribution in [0.5, 0.6) is 11.5 Å². The van der Waals surface area contributed by atoms with Crippen LogP contribution in [0.1, 0.15) is 0 Å². The van der Waals surface area contributed by atoms with Crippen LogP contribution in [0.15, 0.2) is 206 Å². The second-order valence-electron chi connectivity index (χ2n) is 13.7. The number of rotatable bonds is 8. The van der Waals surface area contributed by atoms with E-state index in [1.165, 1.54) is 27.4 Å². The Hall–Kier alpha value is -7.63.